The molecule has 5 rings (SSSR count). The van der Waals surface area contributed by atoms with Crippen LogP contribution in [-0.4, -0.2) is 39.4 Å². The number of aromatic nitrogens is 3. The highest BCUT2D eigenvalue weighted by Crippen LogP contribution is 2.32. The number of rotatable bonds is 5. The van der Waals surface area contributed by atoms with Crippen LogP contribution >= 0.6 is 11.8 Å². The Balaban J connectivity index is 1.39. The molecule has 0 saturated carbocycles. The summed E-state index contributed by atoms with van der Waals surface area (Å²) >= 11 is 1.19. The summed E-state index contributed by atoms with van der Waals surface area (Å²) in [5.41, 5.74) is 1.57. The van der Waals surface area contributed by atoms with Gasteiger partial charge in [-0.3, -0.25) is 19.1 Å². The van der Waals surface area contributed by atoms with E-state index in [4.69, 9.17) is 9.47 Å². The molecular formula is C24H20N4O4S. The fourth-order valence-electron chi connectivity index (χ4n) is 3.49. The Morgan fingerprint density at radius 3 is 2.76 bits per heavy atom. The average molecular weight is 461 g/mol. The molecule has 0 fully saturated rings. The Morgan fingerprint density at radius 1 is 1.06 bits per heavy atom. The topological polar surface area (TPSA) is 95.3 Å². The summed E-state index contributed by atoms with van der Waals surface area (Å²) in [6.07, 6.45) is 4.04. The number of hydrogen-bond donors (Lipinski definition) is 1. The number of nitrogens with zero attached hydrogens (tertiary/aromatic N) is 3. The van der Waals surface area contributed by atoms with E-state index in [1.165, 1.54) is 16.3 Å². The Hall–Kier alpha value is -3.85. The molecule has 2 aromatic heterocycles. The highest BCUT2D eigenvalue weighted by Gasteiger charge is 2.16. The maximum absolute atomic E-state index is 13.2. The Kier molecular flexibility index (Phi) is 5.95. The number of fused-ring (bicyclic) bond motifs is 2. The van der Waals surface area contributed by atoms with Crippen LogP contribution in [0.4, 0.5) is 5.69 Å². The lowest BCUT2D eigenvalue weighted by Crippen LogP contribution is -2.23. The van der Waals surface area contributed by atoms with Crippen molar-refractivity contribution in [3.8, 4) is 17.2 Å². The second kappa shape index (κ2) is 9.33. The number of para-hydroxylation sites is 1. The average Bonchev–Trinajstić information content (AvgIpc) is 3.08. The molecule has 166 valence electrons. The zero-order chi connectivity index (χ0) is 22.6. The quantitative estimate of drug-likeness (QED) is 0.359. The minimum Gasteiger partial charge on any atom is -0.490 e. The van der Waals surface area contributed by atoms with Crippen LogP contribution in [0.3, 0.4) is 0 Å². The lowest BCUT2D eigenvalue weighted by Gasteiger charge is -2.13. The van der Waals surface area contributed by atoms with Crippen molar-refractivity contribution in [2.24, 2.45) is 0 Å². The van der Waals surface area contributed by atoms with Gasteiger partial charge in [-0.05, 0) is 36.4 Å². The van der Waals surface area contributed by atoms with Crippen LogP contribution in [0.1, 0.15) is 6.42 Å². The van der Waals surface area contributed by atoms with Crippen LogP contribution in [0.2, 0.25) is 0 Å². The molecule has 1 aliphatic rings. The van der Waals surface area contributed by atoms with Crippen molar-refractivity contribution in [1.29, 1.82) is 0 Å². The minimum atomic E-state index is -0.227. The molecule has 0 radical (unpaired) electrons. The molecule has 0 unspecified atom stereocenters. The summed E-state index contributed by atoms with van der Waals surface area (Å²) in [5.74, 6) is 1.12. The van der Waals surface area contributed by atoms with E-state index in [0.29, 0.717) is 52.1 Å². The zero-order valence-electron chi connectivity index (χ0n) is 17.6. The van der Waals surface area contributed by atoms with Gasteiger partial charge in [0, 0.05) is 24.4 Å². The number of carbonyl (C=O) groups excluding carboxylic acids is 1. The molecule has 4 aromatic rings. The van der Waals surface area contributed by atoms with Gasteiger partial charge in [-0.15, -0.1) is 0 Å². The van der Waals surface area contributed by atoms with Gasteiger partial charge in [0.2, 0.25) is 5.91 Å². The summed E-state index contributed by atoms with van der Waals surface area (Å²) in [4.78, 5) is 34.7. The molecule has 0 spiro atoms. The maximum atomic E-state index is 13.2. The second-order valence-electron chi connectivity index (χ2n) is 7.31. The van der Waals surface area contributed by atoms with Crippen LogP contribution in [0.15, 0.2) is 76.9 Å². The molecule has 3 heterocycles. The number of carbonyl (C=O) groups is 1. The number of thioether (sulfide) groups is 1. The predicted octanol–water partition coefficient (Wildman–Crippen LogP) is 3.67. The Labute approximate surface area is 193 Å². The largest absolute Gasteiger partial charge is 0.490 e. The second-order valence-corrected chi connectivity index (χ2v) is 8.25. The molecule has 1 amide bonds. The number of nitrogens with one attached hydrogen (secondary N) is 1. The zero-order valence-corrected chi connectivity index (χ0v) is 18.4. The van der Waals surface area contributed by atoms with Crippen LogP contribution in [-0.2, 0) is 4.79 Å². The van der Waals surface area contributed by atoms with Gasteiger partial charge in [0.15, 0.2) is 16.7 Å². The number of pyridine rings is 1. The van der Waals surface area contributed by atoms with E-state index in [0.717, 1.165) is 6.42 Å². The summed E-state index contributed by atoms with van der Waals surface area (Å²) in [7, 11) is 0. The first kappa shape index (κ1) is 21.0. The monoisotopic (exact) mass is 460 g/mol. The van der Waals surface area contributed by atoms with Crippen molar-refractivity contribution in [2.45, 2.75) is 11.6 Å². The fourth-order valence-corrected chi connectivity index (χ4v) is 4.30. The standard InChI is InChI=1S/C24H20N4O4S/c29-22(26-16-8-9-20-21(13-16)32-12-4-11-31-20)15-33-24-27-19-7-2-1-6-18(19)23(30)28(24)17-5-3-10-25-14-17/h1-3,5-10,13-14H,4,11-12,15H2,(H,26,29). The van der Waals surface area contributed by atoms with Gasteiger partial charge in [-0.2, -0.15) is 0 Å². The molecule has 8 nitrogen and oxygen atoms in total. The first-order valence-electron chi connectivity index (χ1n) is 10.4. The van der Waals surface area contributed by atoms with Gasteiger partial charge in [0.1, 0.15) is 0 Å². The maximum Gasteiger partial charge on any atom is 0.266 e. The third-order valence-electron chi connectivity index (χ3n) is 5.01. The van der Waals surface area contributed by atoms with Crippen molar-refractivity contribution in [2.75, 3.05) is 24.3 Å². The molecule has 33 heavy (non-hydrogen) atoms. The van der Waals surface area contributed by atoms with Gasteiger partial charge in [-0.25, -0.2) is 4.98 Å². The number of amides is 1. The predicted molar refractivity (Wildman–Crippen MR) is 127 cm³/mol. The van der Waals surface area contributed by atoms with Gasteiger partial charge in [0.05, 0.1) is 41.8 Å². The minimum absolute atomic E-state index is 0.0689. The van der Waals surface area contributed by atoms with E-state index in [9.17, 15) is 9.59 Å². The van der Waals surface area contributed by atoms with Crippen molar-refractivity contribution in [1.82, 2.24) is 14.5 Å². The number of hydrogen-bond acceptors (Lipinski definition) is 7. The van der Waals surface area contributed by atoms with Crippen LogP contribution in [0.5, 0.6) is 11.5 Å². The first-order chi connectivity index (χ1) is 16.2. The lowest BCUT2D eigenvalue weighted by molar-refractivity contribution is -0.113. The smallest absolute Gasteiger partial charge is 0.266 e. The summed E-state index contributed by atoms with van der Waals surface area (Å²) in [6, 6.07) is 16.0. The Bertz CT molecular complexity index is 1370. The molecule has 9 heteroatoms. The fraction of sp³-hybridized carbons (Fsp3) is 0.167. The number of ether oxygens (including phenoxy) is 2. The van der Waals surface area contributed by atoms with E-state index in [1.54, 1.807) is 60.9 Å². The molecule has 1 aliphatic heterocycles. The summed E-state index contributed by atoms with van der Waals surface area (Å²) in [6.45, 7) is 1.17. The SMILES string of the molecule is O=C(CSc1nc2ccccc2c(=O)n1-c1cccnc1)Nc1ccc2c(c1)OCCCO2. The molecule has 2 aromatic carbocycles. The summed E-state index contributed by atoms with van der Waals surface area (Å²) < 4.78 is 12.8. The highest BCUT2D eigenvalue weighted by atomic mass is 32.2. The molecule has 0 saturated heterocycles. The normalized spacial score (nSPS) is 12.8. The van der Waals surface area contributed by atoms with Crippen molar-refractivity contribution >= 4 is 34.3 Å². The van der Waals surface area contributed by atoms with Crippen molar-refractivity contribution in [3.05, 3.63) is 77.3 Å². The third-order valence-corrected chi connectivity index (χ3v) is 5.95. The molecule has 0 bridgehead atoms. The molecule has 0 atom stereocenters. The van der Waals surface area contributed by atoms with E-state index >= 15 is 0 Å². The van der Waals surface area contributed by atoms with Gasteiger partial charge < -0.3 is 14.8 Å². The first-order valence-corrected chi connectivity index (χ1v) is 11.4. The van der Waals surface area contributed by atoms with E-state index in [1.807, 2.05) is 6.07 Å². The highest BCUT2D eigenvalue weighted by molar-refractivity contribution is 7.99. The van der Waals surface area contributed by atoms with Crippen LogP contribution in [0.25, 0.3) is 16.6 Å². The lowest BCUT2D eigenvalue weighted by atomic mass is 10.2. The third kappa shape index (κ3) is 4.54. The Morgan fingerprint density at radius 2 is 1.91 bits per heavy atom. The number of anilines is 1. The van der Waals surface area contributed by atoms with Crippen LogP contribution in [0, 0.1) is 0 Å². The number of benzene rings is 2. The molecule has 1 N–H and O–H groups in total. The molecular weight excluding hydrogens is 440 g/mol. The van der Waals surface area contributed by atoms with Gasteiger partial charge in [0.25, 0.3) is 5.56 Å². The summed E-state index contributed by atoms with van der Waals surface area (Å²) in [5, 5.41) is 3.79. The van der Waals surface area contributed by atoms with E-state index in [-0.39, 0.29) is 17.2 Å². The van der Waals surface area contributed by atoms with E-state index < -0.39 is 0 Å². The molecule has 0 aliphatic carbocycles. The van der Waals surface area contributed by atoms with Crippen molar-refractivity contribution in [3.63, 3.8) is 0 Å². The van der Waals surface area contributed by atoms with Gasteiger partial charge in [-0.1, -0.05) is 23.9 Å². The van der Waals surface area contributed by atoms with E-state index in [2.05, 4.69) is 15.3 Å². The van der Waals surface area contributed by atoms with Gasteiger partial charge >= 0.3 is 0 Å². The van der Waals surface area contributed by atoms with Crippen LogP contribution < -0.4 is 20.3 Å². The van der Waals surface area contributed by atoms with Crippen molar-refractivity contribution < 1.29 is 14.3 Å².